The van der Waals surface area contributed by atoms with Crippen molar-refractivity contribution in [1.29, 1.82) is 0 Å². The molecule has 2 heterocycles. The quantitative estimate of drug-likeness (QED) is 0.403. The van der Waals surface area contributed by atoms with Crippen molar-refractivity contribution in [2.24, 2.45) is 0 Å². The number of hydrogen-bond donors (Lipinski definition) is 0. The van der Waals surface area contributed by atoms with Gasteiger partial charge in [0.15, 0.2) is 0 Å². The summed E-state index contributed by atoms with van der Waals surface area (Å²) in [6.07, 6.45) is 3.54. The van der Waals surface area contributed by atoms with E-state index in [0.717, 1.165) is 62.5 Å². The van der Waals surface area contributed by atoms with E-state index in [-0.39, 0.29) is 5.82 Å². The zero-order chi connectivity index (χ0) is 26.0. The van der Waals surface area contributed by atoms with E-state index in [9.17, 15) is 4.39 Å². The highest BCUT2D eigenvalue weighted by atomic mass is 19.1. The van der Waals surface area contributed by atoms with Crippen LogP contribution < -0.4 is 9.80 Å². The summed E-state index contributed by atoms with van der Waals surface area (Å²) in [4.78, 5) is 7.00. The van der Waals surface area contributed by atoms with Gasteiger partial charge in [0.05, 0.1) is 5.69 Å². The Kier molecular flexibility index (Phi) is 10.8. The van der Waals surface area contributed by atoms with Crippen LogP contribution in [0.15, 0.2) is 75.9 Å². The molecule has 3 nitrogen and oxygen atoms in total. The highest BCUT2D eigenvalue weighted by molar-refractivity contribution is 5.76. The second-order valence-corrected chi connectivity index (χ2v) is 8.77. The number of aryl methyl sites for hydroxylation is 1. The van der Waals surface area contributed by atoms with E-state index >= 15 is 0 Å². The maximum absolute atomic E-state index is 14.7. The van der Waals surface area contributed by atoms with Gasteiger partial charge in [-0.1, -0.05) is 37.8 Å². The minimum atomic E-state index is -0.167. The van der Waals surface area contributed by atoms with E-state index < -0.39 is 0 Å². The Morgan fingerprint density at radius 1 is 0.800 bits per heavy atom. The third kappa shape index (κ3) is 6.66. The normalized spacial score (nSPS) is 15.0. The molecule has 0 aromatic heterocycles. The Bertz CT molecular complexity index is 996. The van der Waals surface area contributed by atoms with Crippen LogP contribution in [0.5, 0.6) is 0 Å². The Hall–Kier alpha value is -3.27. The van der Waals surface area contributed by atoms with Gasteiger partial charge in [-0.2, -0.15) is 0 Å². The van der Waals surface area contributed by atoms with E-state index in [2.05, 4.69) is 79.3 Å². The highest BCUT2D eigenvalue weighted by Crippen LogP contribution is 2.33. The number of allylic oxidation sites excluding steroid dienone is 1. The monoisotopic (exact) mass is 475 g/mol. The second kappa shape index (κ2) is 13.6. The van der Waals surface area contributed by atoms with Gasteiger partial charge in [0, 0.05) is 56.2 Å². The lowest BCUT2D eigenvalue weighted by Gasteiger charge is -2.39. The second-order valence-electron chi connectivity index (χ2n) is 8.77. The molecule has 0 bridgehead atoms. The van der Waals surface area contributed by atoms with E-state index in [1.807, 2.05) is 19.1 Å². The van der Waals surface area contributed by atoms with Crippen molar-refractivity contribution in [3.05, 3.63) is 98.4 Å². The summed E-state index contributed by atoms with van der Waals surface area (Å²) in [5.41, 5.74) is 7.43. The predicted molar refractivity (Wildman–Crippen MR) is 154 cm³/mol. The molecule has 0 saturated carbocycles. The first-order chi connectivity index (χ1) is 17.0. The molecule has 188 valence electrons. The SMILES string of the molecule is C=C.C=C.C=C(C)c1ccc(N2CCN(C(=C)c3cc(CC)ccc3N3CCCC3)CC2)c(F)c1. The van der Waals surface area contributed by atoms with E-state index in [4.69, 9.17) is 0 Å². The summed E-state index contributed by atoms with van der Waals surface area (Å²) < 4.78 is 14.7. The molecule has 4 rings (SSSR count). The average Bonchev–Trinajstić information content (AvgIpc) is 3.45. The van der Waals surface area contributed by atoms with E-state index in [0.29, 0.717) is 5.69 Å². The van der Waals surface area contributed by atoms with Gasteiger partial charge >= 0.3 is 0 Å². The zero-order valence-electron chi connectivity index (χ0n) is 21.8. The molecule has 0 amide bonds. The minimum absolute atomic E-state index is 0.167. The van der Waals surface area contributed by atoms with Gasteiger partial charge in [-0.3, -0.25) is 0 Å². The molecule has 0 spiro atoms. The highest BCUT2D eigenvalue weighted by Gasteiger charge is 2.24. The van der Waals surface area contributed by atoms with Gasteiger partial charge in [-0.05, 0) is 61.6 Å². The number of piperazine rings is 1. The Morgan fingerprint density at radius 3 is 1.91 bits per heavy atom. The predicted octanol–water partition coefficient (Wildman–Crippen LogP) is 7.42. The summed E-state index contributed by atoms with van der Waals surface area (Å²) in [7, 11) is 0. The Labute approximate surface area is 212 Å². The maximum atomic E-state index is 14.7. The van der Waals surface area contributed by atoms with E-state index in [1.54, 1.807) is 6.07 Å². The van der Waals surface area contributed by atoms with E-state index in [1.165, 1.54) is 29.7 Å². The lowest BCUT2D eigenvalue weighted by molar-refractivity contribution is 0.366. The first-order valence-electron chi connectivity index (χ1n) is 12.5. The number of hydrogen-bond acceptors (Lipinski definition) is 3. The summed E-state index contributed by atoms with van der Waals surface area (Å²) in [5.74, 6) is -0.167. The molecule has 0 aliphatic carbocycles. The molecular weight excluding hydrogens is 433 g/mol. The molecule has 0 radical (unpaired) electrons. The molecule has 35 heavy (non-hydrogen) atoms. The fourth-order valence-corrected chi connectivity index (χ4v) is 4.68. The summed E-state index contributed by atoms with van der Waals surface area (Å²) >= 11 is 0. The molecule has 0 N–H and O–H groups in total. The first-order valence-corrected chi connectivity index (χ1v) is 12.5. The fraction of sp³-hybridized carbons (Fsp3) is 0.355. The standard InChI is InChI=1S/C27H34FN3.2C2H4/c1-5-22-8-10-26(30-12-6-7-13-30)24(18-22)21(4)29-14-16-31(17-15-29)27-11-9-23(20(2)3)19-25(27)28;2*1-2/h8-11,18-19H,2,4-7,12-17H2,1,3H3;2*1-2H2. The van der Waals surface area contributed by atoms with Crippen LogP contribution in [-0.4, -0.2) is 44.2 Å². The molecule has 2 aliphatic rings. The average molecular weight is 476 g/mol. The van der Waals surface area contributed by atoms with Gasteiger partial charge < -0.3 is 14.7 Å². The molecule has 4 heteroatoms. The molecule has 0 atom stereocenters. The smallest absolute Gasteiger partial charge is 0.147 e. The number of rotatable bonds is 6. The minimum Gasteiger partial charge on any atom is -0.371 e. The van der Waals surface area contributed by atoms with Crippen LogP contribution in [0.3, 0.4) is 0 Å². The van der Waals surface area contributed by atoms with Gasteiger partial charge in [0.1, 0.15) is 5.82 Å². The molecule has 0 unspecified atom stereocenters. The van der Waals surface area contributed by atoms with Crippen molar-refractivity contribution in [1.82, 2.24) is 4.90 Å². The van der Waals surface area contributed by atoms with Crippen LogP contribution in [0.25, 0.3) is 11.3 Å². The van der Waals surface area contributed by atoms with Crippen LogP contribution in [-0.2, 0) is 6.42 Å². The molecule has 2 aromatic carbocycles. The van der Waals surface area contributed by atoms with Crippen LogP contribution in [0, 0.1) is 5.82 Å². The van der Waals surface area contributed by atoms with Gasteiger partial charge in [-0.25, -0.2) is 4.39 Å². The lowest BCUT2D eigenvalue weighted by atomic mass is 10.0. The summed E-state index contributed by atoms with van der Waals surface area (Å²) in [6, 6.07) is 12.3. The third-order valence-corrected chi connectivity index (χ3v) is 6.67. The number of anilines is 2. The summed E-state index contributed by atoms with van der Waals surface area (Å²) in [6.45, 7) is 30.0. The number of nitrogens with zero attached hydrogens (tertiary/aromatic N) is 3. The molecule has 2 fully saturated rings. The van der Waals surface area contributed by atoms with Crippen molar-refractivity contribution < 1.29 is 4.39 Å². The Morgan fingerprint density at radius 2 is 1.37 bits per heavy atom. The number of halogens is 1. The molecule has 2 saturated heterocycles. The fourth-order valence-electron chi connectivity index (χ4n) is 4.68. The number of benzene rings is 2. The van der Waals surface area contributed by atoms with Crippen LogP contribution in [0.4, 0.5) is 15.8 Å². The zero-order valence-corrected chi connectivity index (χ0v) is 21.8. The van der Waals surface area contributed by atoms with Crippen molar-refractivity contribution in [3.63, 3.8) is 0 Å². The van der Waals surface area contributed by atoms with Crippen molar-refractivity contribution in [2.45, 2.75) is 33.1 Å². The van der Waals surface area contributed by atoms with Crippen LogP contribution >= 0.6 is 0 Å². The van der Waals surface area contributed by atoms with Gasteiger partial charge in [-0.15, -0.1) is 26.3 Å². The van der Waals surface area contributed by atoms with Gasteiger partial charge in [0.25, 0.3) is 0 Å². The lowest BCUT2D eigenvalue weighted by Crippen LogP contribution is -2.45. The van der Waals surface area contributed by atoms with Crippen molar-refractivity contribution >= 4 is 22.6 Å². The van der Waals surface area contributed by atoms with Crippen molar-refractivity contribution in [2.75, 3.05) is 49.1 Å². The third-order valence-electron chi connectivity index (χ3n) is 6.67. The van der Waals surface area contributed by atoms with Gasteiger partial charge in [0.2, 0.25) is 0 Å². The summed E-state index contributed by atoms with van der Waals surface area (Å²) in [5, 5.41) is 0. The topological polar surface area (TPSA) is 9.72 Å². The Balaban J connectivity index is 0.00000103. The largest absolute Gasteiger partial charge is 0.371 e. The van der Waals surface area contributed by atoms with Crippen LogP contribution in [0.1, 0.15) is 43.4 Å². The van der Waals surface area contributed by atoms with Crippen LogP contribution in [0.2, 0.25) is 0 Å². The molecule has 2 aliphatic heterocycles. The first kappa shape index (κ1) is 28.0. The molecule has 2 aromatic rings. The molecular formula is C31H42FN3. The maximum Gasteiger partial charge on any atom is 0.147 e. The van der Waals surface area contributed by atoms with Crippen molar-refractivity contribution in [3.8, 4) is 0 Å².